The normalized spacial score (nSPS) is 10.0. The van der Waals surface area contributed by atoms with Crippen LogP contribution in [0.4, 0.5) is 5.69 Å². The molecule has 1 amide bonds. The second kappa shape index (κ2) is 7.33. The lowest BCUT2D eigenvalue weighted by Crippen LogP contribution is -2.20. The topological polar surface area (TPSA) is 47.6 Å². The van der Waals surface area contributed by atoms with E-state index in [0.717, 1.165) is 11.3 Å². The van der Waals surface area contributed by atoms with Crippen LogP contribution in [0.3, 0.4) is 0 Å². The van der Waals surface area contributed by atoms with Crippen LogP contribution in [-0.2, 0) is 4.79 Å². The summed E-state index contributed by atoms with van der Waals surface area (Å²) in [5.74, 6) is 1.22. The number of ether oxygens (including phenoxy) is 2. The third-order valence-corrected chi connectivity index (χ3v) is 2.79. The third kappa shape index (κ3) is 4.84. The second-order valence-electron chi connectivity index (χ2n) is 4.61. The predicted molar refractivity (Wildman–Crippen MR) is 82.9 cm³/mol. The van der Waals surface area contributed by atoms with Crippen LogP contribution >= 0.6 is 0 Å². The molecular formula is C17H19NO3. The van der Waals surface area contributed by atoms with Gasteiger partial charge in [0.15, 0.2) is 6.61 Å². The zero-order valence-corrected chi connectivity index (χ0v) is 12.3. The highest BCUT2D eigenvalue weighted by Crippen LogP contribution is 2.17. The molecule has 110 valence electrons. The zero-order chi connectivity index (χ0) is 15.1. The number of benzene rings is 2. The van der Waals surface area contributed by atoms with E-state index in [1.165, 1.54) is 0 Å². The summed E-state index contributed by atoms with van der Waals surface area (Å²) < 4.78 is 10.8. The summed E-state index contributed by atoms with van der Waals surface area (Å²) in [5.41, 5.74) is 1.79. The van der Waals surface area contributed by atoms with E-state index < -0.39 is 0 Å². The van der Waals surface area contributed by atoms with Crippen molar-refractivity contribution < 1.29 is 14.3 Å². The Balaban J connectivity index is 1.88. The van der Waals surface area contributed by atoms with Gasteiger partial charge in [0.1, 0.15) is 11.5 Å². The lowest BCUT2D eigenvalue weighted by atomic mass is 10.2. The number of nitrogens with one attached hydrogen (secondary N) is 1. The van der Waals surface area contributed by atoms with Gasteiger partial charge in [0, 0.05) is 11.8 Å². The minimum atomic E-state index is -0.204. The molecule has 0 saturated heterocycles. The van der Waals surface area contributed by atoms with Crippen LogP contribution in [0.25, 0.3) is 0 Å². The minimum Gasteiger partial charge on any atom is -0.494 e. The molecule has 2 aromatic carbocycles. The van der Waals surface area contributed by atoms with Crippen molar-refractivity contribution in [3.8, 4) is 11.5 Å². The van der Waals surface area contributed by atoms with Gasteiger partial charge in [0.05, 0.1) is 6.61 Å². The monoisotopic (exact) mass is 285 g/mol. The third-order valence-electron chi connectivity index (χ3n) is 2.79. The number of anilines is 1. The molecule has 0 atom stereocenters. The van der Waals surface area contributed by atoms with Crippen molar-refractivity contribution in [1.82, 2.24) is 0 Å². The number of carbonyl (C=O) groups excluding carboxylic acids is 1. The van der Waals surface area contributed by atoms with Crippen molar-refractivity contribution in [2.24, 2.45) is 0 Å². The average Bonchev–Trinajstić information content (AvgIpc) is 2.46. The van der Waals surface area contributed by atoms with Gasteiger partial charge < -0.3 is 14.8 Å². The lowest BCUT2D eigenvalue weighted by Gasteiger charge is -2.09. The summed E-state index contributed by atoms with van der Waals surface area (Å²) in [6.45, 7) is 4.46. The van der Waals surface area contributed by atoms with E-state index in [1.807, 2.05) is 56.3 Å². The Labute approximate surface area is 124 Å². The molecule has 0 radical (unpaired) electrons. The Kier molecular flexibility index (Phi) is 5.21. The largest absolute Gasteiger partial charge is 0.494 e. The fraction of sp³-hybridized carbons (Fsp3) is 0.235. The quantitative estimate of drug-likeness (QED) is 0.884. The molecule has 2 aromatic rings. The first-order valence-electron chi connectivity index (χ1n) is 6.89. The standard InChI is InChI=1S/C17H19NO3/c1-3-20-16-9-5-7-14(11-16)18-17(19)12-21-15-8-4-6-13(2)10-15/h4-11H,3,12H2,1-2H3,(H,18,19). The molecule has 0 fully saturated rings. The molecule has 0 aromatic heterocycles. The Hall–Kier alpha value is -2.49. The molecule has 0 spiro atoms. The minimum absolute atomic E-state index is 0.0255. The predicted octanol–water partition coefficient (Wildman–Crippen LogP) is 3.41. The summed E-state index contributed by atoms with van der Waals surface area (Å²) in [4.78, 5) is 11.9. The van der Waals surface area contributed by atoms with E-state index in [-0.39, 0.29) is 12.5 Å². The fourth-order valence-corrected chi connectivity index (χ4v) is 1.88. The number of rotatable bonds is 6. The Morgan fingerprint density at radius 2 is 1.76 bits per heavy atom. The first-order chi connectivity index (χ1) is 10.2. The summed E-state index contributed by atoms with van der Waals surface area (Å²) in [5, 5.41) is 2.78. The number of hydrogen-bond donors (Lipinski definition) is 1. The van der Waals surface area contributed by atoms with Crippen LogP contribution in [0, 0.1) is 6.92 Å². The summed E-state index contributed by atoms with van der Waals surface area (Å²) >= 11 is 0. The molecule has 2 rings (SSSR count). The molecule has 0 saturated carbocycles. The van der Waals surface area contributed by atoms with Crippen molar-refractivity contribution in [3.05, 3.63) is 54.1 Å². The number of amides is 1. The van der Waals surface area contributed by atoms with E-state index in [1.54, 1.807) is 6.07 Å². The van der Waals surface area contributed by atoms with Gasteiger partial charge in [0.25, 0.3) is 5.91 Å². The van der Waals surface area contributed by atoms with Crippen molar-refractivity contribution in [3.63, 3.8) is 0 Å². The van der Waals surface area contributed by atoms with Crippen LogP contribution in [0.15, 0.2) is 48.5 Å². The SMILES string of the molecule is CCOc1cccc(NC(=O)COc2cccc(C)c2)c1. The van der Waals surface area contributed by atoms with Crippen LogP contribution in [0.1, 0.15) is 12.5 Å². The van der Waals surface area contributed by atoms with Crippen LogP contribution in [-0.4, -0.2) is 19.1 Å². The van der Waals surface area contributed by atoms with Crippen molar-refractivity contribution in [1.29, 1.82) is 0 Å². The highest BCUT2D eigenvalue weighted by Gasteiger charge is 2.05. The van der Waals surface area contributed by atoms with Gasteiger partial charge in [-0.3, -0.25) is 4.79 Å². The summed E-state index contributed by atoms with van der Waals surface area (Å²) in [7, 11) is 0. The molecule has 21 heavy (non-hydrogen) atoms. The smallest absolute Gasteiger partial charge is 0.262 e. The van der Waals surface area contributed by atoms with Crippen molar-refractivity contribution in [2.75, 3.05) is 18.5 Å². The van der Waals surface area contributed by atoms with E-state index in [0.29, 0.717) is 18.0 Å². The first-order valence-corrected chi connectivity index (χ1v) is 6.89. The Morgan fingerprint density at radius 3 is 2.48 bits per heavy atom. The van der Waals surface area contributed by atoms with Gasteiger partial charge in [-0.1, -0.05) is 18.2 Å². The molecular weight excluding hydrogens is 266 g/mol. The highest BCUT2D eigenvalue weighted by atomic mass is 16.5. The van der Waals surface area contributed by atoms with Crippen LogP contribution < -0.4 is 14.8 Å². The summed E-state index contributed by atoms with van der Waals surface area (Å²) in [6, 6.07) is 14.9. The van der Waals surface area contributed by atoms with Gasteiger partial charge in [-0.05, 0) is 43.7 Å². The maximum atomic E-state index is 11.9. The van der Waals surface area contributed by atoms with Gasteiger partial charge in [0.2, 0.25) is 0 Å². The molecule has 0 aliphatic rings. The van der Waals surface area contributed by atoms with Crippen molar-refractivity contribution >= 4 is 11.6 Å². The molecule has 0 aliphatic carbocycles. The molecule has 0 bridgehead atoms. The average molecular weight is 285 g/mol. The molecule has 1 N–H and O–H groups in total. The van der Waals surface area contributed by atoms with E-state index in [2.05, 4.69) is 5.32 Å². The fourth-order valence-electron chi connectivity index (χ4n) is 1.88. The number of hydrogen-bond acceptors (Lipinski definition) is 3. The van der Waals surface area contributed by atoms with Gasteiger partial charge in [-0.25, -0.2) is 0 Å². The molecule has 0 heterocycles. The highest BCUT2D eigenvalue weighted by molar-refractivity contribution is 5.92. The van der Waals surface area contributed by atoms with E-state index in [4.69, 9.17) is 9.47 Å². The van der Waals surface area contributed by atoms with Gasteiger partial charge in [-0.15, -0.1) is 0 Å². The Morgan fingerprint density at radius 1 is 1.05 bits per heavy atom. The zero-order valence-electron chi connectivity index (χ0n) is 12.3. The molecule has 0 aliphatic heterocycles. The second-order valence-corrected chi connectivity index (χ2v) is 4.61. The van der Waals surface area contributed by atoms with Crippen LogP contribution in [0.2, 0.25) is 0 Å². The lowest BCUT2D eigenvalue weighted by molar-refractivity contribution is -0.118. The molecule has 4 nitrogen and oxygen atoms in total. The number of carbonyl (C=O) groups is 1. The van der Waals surface area contributed by atoms with Gasteiger partial charge in [-0.2, -0.15) is 0 Å². The van der Waals surface area contributed by atoms with Crippen molar-refractivity contribution in [2.45, 2.75) is 13.8 Å². The first kappa shape index (κ1) is 14.9. The molecule has 0 unspecified atom stereocenters. The van der Waals surface area contributed by atoms with Gasteiger partial charge >= 0.3 is 0 Å². The van der Waals surface area contributed by atoms with E-state index in [9.17, 15) is 4.79 Å². The summed E-state index contributed by atoms with van der Waals surface area (Å²) in [6.07, 6.45) is 0. The molecule has 4 heteroatoms. The van der Waals surface area contributed by atoms with E-state index >= 15 is 0 Å². The maximum Gasteiger partial charge on any atom is 0.262 e. The Bertz CT molecular complexity index is 610. The van der Waals surface area contributed by atoms with Crippen LogP contribution in [0.5, 0.6) is 11.5 Å². The number of aryl methyl sites for hydroxylation is 1. The maximum absolute atomic E-state index is 11.9.